The van der Waals surface area contributed by atoms with Crippen LogP contribution in [0, 0.1) is 0 Å². The molecule has 1 aliphatic rings. The summed E-state index contributed by atoms with van der Waals surface area (Å²) < 4.78 is 5.14. The SMILES string of the molecule is COc1ccc(CN2CCCC(c3[nH]ncc3-c3ccc(Cl)cc3)C2)cc1O. The summed E-state index contributed by atoms with van der Waals surface area (Å²) in [5.41, 5.74) is 4.54. The first-order valence-electron chi connectivity index (χ1n) is 9.51. The summed E-state index contributed by atoms with van der Waals surface area (Å²) in [5.74, 6) is 1.09. The molecule has 6 heteroatoms. The summed E-state index contributed by atoms with van der Waals surface area (Å²) in [6.45, 7) is 2.81. The molecule has 1 saturated heterocycles. The van der Waals surface area contributed by atoms with Gasteiger partial charge < -0.3 is 9.84 Å². The number of likely N-dealkylation sites (tertiary alicyclic amines) is 1. The number of hydrogen-bond donors (Lipinski definition) is 2. The van der Waals surface area contributed by atoms with Crippen LogP contribution in [0.3, 0.4) is 0 Å². The fraction of sp³-hybridized carbons (Fsp3) is 0.318. The predicted octanol–water partition coefficient (Wildman–Crippen LogP) is 4.82. The molecule has 2 N–H and O–H groups in total. The Labute approximate surface area is 169 Å². The molecule has 28 heavy (non-hydrogen) atoms. The van der Waals surface area contributed by atoms with Crippen LogP contribution in [0.15, 0.2) is 48.7 Å². The first-order chi connectivity index (χ1) is 13.6. The molecule has 0 bridgehead atoms. The molecule has 1 atom stereocenters. The Morgan fingerprint density at radius 3 is 2.82 bits per heavy atom. The summed E-state index contributed by atoms with van der Waals surface area (Å²) in [5, 5.41) is 18.3. The zero-order valence-corrected chi connectivity index (χ0v) is 16.6. The molecule has 2 aromatic carbocycles. The minimum absolute atomic E-state index is 0.187. The van der Waals surface area contributed by atoms with E-state index < -0.39 is 0 Å². The molecule has 1 unspecified atom stereocenters. The van der Waals surface area contributed by atoms with Gasteiger partial charge in [0.1, 0.15) is 0 Å². The van der Waals surface area contributed by atoms with Crippen molar-refractivity contribution in [2.24, 2.45) is 0 Å². The van der Waals surface area contributed by atoms with Gasteiger partial charge in [-0.1, -0.05) is 29.8 Å². The second kappa shape index (κ2) is 8.25. The van der Waals surface area contributed by atoms with E-state index in [0.29, 0.717) is 11.7 Å². The third-order valence-corrected chi connectivity index (χ3v) is 5.64. The molecule has 0 saturated carbocycles. The van der Waals surface area contributed by atoms with Crippen LogP contribution in [0.1, 0.15) is 30.0 Å². The van der Waals surface area contributed by atoms with E-state index in [1.807, 2.05) is 42.6 Å². The van der Waals surface area contributed by atoms with Crippen LogP contribution in [-0.2, 0) is 6.54 Å². The Kier molecular flexibility index (Phi) is 5.55. The van der Waals surface area contributed by atoms with Gasteiger partial charge in [0.25, 0.3) is 0 Å². The van der Waals surface area contributed by atoms with E-state index in [4.69, 9.17) is 16.3 Å². The molecule has 0 spiro atoms. The number of benzene rings is 2. The third kappa shape index (κ3) is 4.01. The topological polar surface area (TPSA) is 61.4 Å². The second-order valence-corrected chi connectivity index (χ2v) is 7.72. The molecular weight excluding hydrogens is 374 g/mol. The number of nitrogens with zero attached hydrogens (tertiary/aromatic N) is 2. The Morgan fingerprint density at radius 1 is 1.25 bits per heavy atom. The Morgan fingerprint density at radius 2 is 2.07 bits per heavy atom. The van der Waals surface area contributed by atoms with E-state index in [1.54, 1.807) is 13.2 Å². The molecule has 0 radical (unpaired) electrons. The molecule has 1 fully saturated rings. The lowest BCUT2D eigenvalue weighted by Gasteiger charge is -2.32. The summed E-state index contributed by atoms with van der Waals surface area (Å²) in [6.07, 6.45) is 4.16. The Balaban J connectivity index is 1.50. The van der Waals surface area contributed by atoms with Gasteiger partial charge in [-0.3, -0.25) is 10.00 Å². The zero-order valence-electron chi connectivity index (χ0n) is 15.9. The molecule has 2 heterocycles. The number of aromatic nitrogens is 2. The largest absolute Gasteiger partial charge is 0.504 e. The number of aromatic amines is 1. The molecule has 3 aromatic rings. The molecule has 0 aliphatic carbocycles. The van der Waals surface area contributed by atoms with Crippen LogP contribution in [0.5, 0.6) is 11.5 Å². The summed E-state index contributed by atoms with van der Waals surface area (Å²) in [6, 6.07) is 13.5. The van der Waals surface area contributed by atoms with E-state index >= 15 is 0 Å². The fourth-order valence-corrected chi connectivity index (χ4v) is 4.12. The van der Waals surface area contributed by atoms with Crippen LogP contribution in [0.25, 0.3) is 11.1 Å². The number of ether oxygens (including phenoxy) is 1. The third-order valence-electron chi connectivity index (χ3n) is 5.39. The second-order valence-electron chi connectivity index (χ2n) is 7.28. The molecule has 5 nitrogen and oxygen atoms in total. The van der Waals surface area contributed by atoms with Crippen LogP contribution >= 0.6 is 11.6 Å². The Bertz CT molecular complexity index is 939. The van der Waals surface area contributed by atoms with Crippen molar-refractivity contribution in [1.29, 1.82) is 0 Å². The van der Waals surface area contributed by atoms with Gasteiger partial charge in [0.05, 0.1) is 13.3 Å². The monoisotopic (exact) mass is 397 g/mol. The number of hydrogen-bond acceptors (Lipinski definition) is 4. The minimum atomic E-state index is 0.187. The summed E-state index contributed by atoms with van der Waals surface area (Å²) in [7, 11) is 1.56. The van der Waals surface area contributed by atoms with Gasteiger partial charge in [0.15, 0.2) is 11.5 Å². The quantitative estimate of drug-likeness (QED) is 0.647. The van der Waals surface area contributed by atoms with Gasteiger partial charge in [-0.2, -0.15) is 5.10 Å². The number of aromatic hydroxyl groups is 1. The van der Waals surface area contributed by atoms with E-state index in [-0.39, 0.29) is 5.75 Å². The van der Waals surface area contributed by atoms with Gasteiger partial charge >= 0.3 is 0 Å². The van der Waals surface area contributed by atoms with Crippen LogP contribution in [0.2, 0.25) is 5.02 Å². The highest BCUT2D eigenvalue weighted by molar-refractivity contribution is 6.30. The predicted molar refractivity (Wildman–Crippen MR) is 111 cm³/mol. The van der Waals surface area contributed by atoms with E-state index in [0.717, 1.165) is 54.2 Å². The van der Waals surface area contributed by atoms with Crippen molar-refractivity contribution in [3.8, 4) is 22.6 Å². The van der Waals surface area contributed by atoms with E-state index in [2.05, 4.69) is 15.1 Å². The average Bonchev–Trinajstić information content (AvgIpc) is 3.19. The fourth-order valence-electron chi connectivity index (χ4n) is 3.99. The van der Waals surface area contributed by atoms with Gasteiger partial charge in [-0.05, 0) is 54.8 Å². The van der Waals surface area contributed by atoms with Crippen molar-refractivity contribution in [3.63, 3.8) is 0 Å². The van der Waals surface area contributed by atoms with Crippen molar-refractivity contribution < 1.29 is 9.84 Å². The lowest BCUT2D eigenvalue weighted by atomic mass is 9.90. The number of methoxy groups -OCH3 is 1. The van der Waals surface area contributed by atoms with Gasteiger partial charge in [0, 0.05) is 35.3 Å². The van der Waals surface area contributed by atoms with Crippen LogP contribution in [-0.4, -0.2) is 40.4 Å². The van der Waals surface area contributed by atoms with Gasteiger partial charge in [-0.15, -0.1) is 0 Å². The highest BCUT2D eigenvalue weighted by Gasteiger charge is 2.25. The number of H-pyrrole nitrogens is 1. The van der Waals surface area contributed by atoms with Crippen LogP contribution < -0.4 is 4.74 Å². The normalized spacial score (nSPS) is 17.6. The van der Waals surface area contributed by atoms with E-state index in [1.165, 1.54) is 5.69 Å². The smallest absolute Gasteiger partial charge is 0.160 e. The zero-order chi connectivity index (χ0) is 19.5. The lowest BCUT2D eigenvalue weighted by Crippen LogP contribution is -2.34. The maximum absolute atomic E-state index is 10.0. The van der Waals surface area contributed by atoms with Crippen molar-refractivity contribution in [2.75, 3.05) is 20.2 Å². The number of phenols is 1. The summed E-state index contributed by atoms with van der Waals surface area (Å²) in [4.78, 5) is 2.43. The number of rotatable bonds is 5. The molecule has 1 aliphatic heterocycles. The molecular formula is C22H24ClN3O2. The Hall–Kier alpha value is -2.50. The van der Waals surface area contributed by atoms with Crippen molar-refractivity contribution in [1.82, 2.24) is 15.1 Å². The number of nitrogens with one attached hydrogen (secondary N) is 1. The molecule has 146 valence electrons. The standard InChI is InChI=1S/C22H24ClN3O2/c1-28-21-9-4-15(11-20(21)27)13-26-10-2-3-17(14-26)22-19(12-24-25-22)16-5-7-18(23)8-6-16/h4-9,11-12,17,27H,2-3,10,13-14H2,1H3,(H,24,25). The van der Waals surface area contributed by atoms with E-state index in [9.17, 15) is 5.11 Å². The first kappa shape index (κ1) is 18.8. The number of phenolic OH excluding ortho intramolecular Hbond substituents is 1. The average molecular weight is 398 g/mol. The molecule has 1 aromatic heterocycles. The maximum Gasteiger partial charge on any atom is 0.160 e. The lowest BCUT2D eigenvalue weighted by molar-refractivity contribution is 0.198. The first-order valence-corrected chi connectivity index (χ1v) is 9.89. The minimum Gasteiger partial charge on any atom is -0.504 e. The molecule has 4 rings (SSSR count). The van der Waals surface area contributed by atoms with Crippen LogP contribution in [0.4, 0.5) is 0 Å². The number of halogens is 1. The van der Waals surface area contributed by atoms with Gasteiger partial charge in [0.2, 0.25) is 0 Å². The number of piperidine rings is 1. The maximum atomic E-state index is 10.0. The highest BCUT2D eigenvalue weighted by Crippen LogP contribution is 2.34. The van der Waals surface area contributed by atoms with Crippen molar-refractivity contribution in [3.05, 3.63) is 64.9 Å². The molecule has 0 amide bonds. The summed E-state index contributed by atoms with van der Waals surface area (Å²) >= 11 is 6.03. The van der Waals surface area contributed by atoms with Crippen molar-refractivity contribution >= 4 is 11.6 Å². The van der Waals surface area contributed by atoms with Crippen molar-refractivity contribution in [2.45, 2.75) is 25.3 Å². The van der Waals surface area contributed by atoms with Gasteiger partial charge in [-0.25, -0.2) is 0 Å². The highest BCUT2D eigenvalue weighted by atomic mass is 35.5.